The molecule has 0 aliphatic heterocycles. The summed E-state index contributed by atoms with van der Waals surface area (Å²) >= 11 is 0. The molecule has 1 saturated carbocycles. The molecule has 1 aliphatic carbocycles. The van der Waals surface area contributed by atoms with Crippen LogP contribution in [0.4, 0.5) is 0 Å². The summed E-state index contributed by atoms with van der Waals surface area (Å²) in [6, 6.07) is 0. The SMILES string of the molecule is CC.CC.CCOC1(CC)CCCCC1. The minimum absolute atomic E-state index is 0.271. The van der Waals surface area contributed by atoms with Gasteiger partial charge in [0.15, 0.2) is 0 Å². The van der Waals surface area contributed by atoms with Crippen LogP contribution in [0.25, 0.3) is 0 Å². The highest BCUT2D eigenvalue weighted by atomic mass is 16.5. The van der Waals surface area contributed by atoms with Crippen molar-refractivity contribution in [2.24, 2.45) is 0 Å². The fourth-order valence-corrected chi connectivity index (χ4v) is 2.10. The lowest BCUT2D eigenvalue weighted by Gasteiger charge is -2.36. The Balaban J connectivity index is 0. The summed E-state index contributed by atoms with van der Waals surface area (Å²) in [5.74, 6) is 0. The molecule has 0 spiro atoms. The zero-order chi connectivity index (χ0) is 12.2. The highest BCUT2D eigenvalue weighted by Crippen LogP contribution is 2.33. The van der Waals surface area contributed by atoms with Gasteiger partial charge in [0.1, 0.15) is 0 Å². The average Bonchev–Trinajstić information content (AvgIpc) is 2.36. The largest absolute Gasteiger partial charge is 0.375 e. The Morgan fingerprint density at radius 1 is 0.867 bits per heavy atom. The first-order valence-electron chi connectivity index (χ1n) is 6.97. The maximum absolute atomic E-state index is 5.82. The minimum Gasteiger partial charge on any atom is -0.375 e. The molecule has 0 radical (unpaired) electrons. The van der Waals surface area contributed by atoms with Crippen LogP contribution in [0.3, 0.4) is 0 Å². The summed E-state index contributed by atoms with van der Waals surface area (Å²) in [5.41, 5.74) is 0.271. The van der Waals surface area contributed by atoms with Crippen LogP contribution in [0.5, 0.6) is 0 Å². The molecule has 94 valence electrons. The van der Waals surface area contributed by atoms with Gasteiger partial charge in [-0.25, -0.2) is 0 Å². The number of rotatable bonds is 3. The molecule has 0 heterocycles. The van der Waals surface area contributed by atoms with E-state index in [-0.39, 0.29) is 5.60 Å². The fourth-order valence-electron chi connectivity index (χ4n) is 2.10. The van der Waals surface area contributed by atoms with Crippen molar-refractivity contribution in [1.82, 2.24) is 0 Å². The first-order valence-corrected chi connectivity index (χ1v) is 6.97. The Labute approximate surface area is 97.6 Å². The highest BCUT2D eigenvalue weighted by molar-refractivity contribution is 4.82. The number of hydrogen-bond acceptors (Lipinski definition) is 1. The lowest BCUT2D eigenvalue weighted by molar-refractivity contribution is -0.0669. The average molecular weight is 216 g/mol. The topological polar surface area (TPSA) is 9.23 Å². The molecule has 1 aliphatic rings. The molecule has 0 aromatic rings. The summed E-state index contributed by atoms with van der Waals surface area (Å²) in [7, 11) is 0. The molecule has 0 saturated heterocycles. The molecule has 1 rings (SSSR count). The van der Waals surface area contributed by atoms with Crippen LogP contribution < -0.4 is 0 Å². The summed E-state index contributed by atoms with van der Waals surface area (Å²) in [4.78, 5) is 0. The second-order valence-electron chi connectivity index (χ2n) is 3.53. The van der Waals surface area contributed by atoms with Gasteiger partial charge < -0.3 is 4.74 Å². The fraction of sp³-hybridized carbons (Fsp3) is 1.00. The van der Waals surface area contributed by atoms with Gasteiger partial charge in [0.05, 0.1) is 5.60 Å². The predicted octanol–water partition coefficient (Wildman–Crippen LogP) is 5.19. The van der Waals surface area contributed by atoms with Crippen molar-refractivity contribution in [2.75, 3.05) is 6.61 Å². The third kappa shape index (κ3) is 6.94. The Bertz CT molecular complexity index is 98.4. The summed E-state index contributed by atoms with van der Waals surface area (Å²) in [5, 5.41) is 0. The Hall–Kier alpha value is -0.0400. The Kier molecular flexibility index (Phi) is 13.9. The maximum atomic E-state index is 5.82. The van der Waals surface area contributed by atoms with E-state index in [1.54, 1.807) is 0 Å². The van der Waals surface area contributed by atoms with Gasteiger partial charge in [-0.15, -0.1) is 0 Å². The van der Waals surface area contributed by atoms with Gasteiger partial charge in [0.25, 0.3) is 0 Å². The molecular formula is C14H32O. The quantitative estimate of drug-likeness (QED) is 0.631. The van der Waals surface area contributed by atoms with Gasteiger partial charge >= 0.3 is 0 Å². The predicted molar refractivity (Wildman–Crippen MR) is 70.4 cm³/mol. The van der Waals surface area contributed by atoms with Crippen LogP contribution in [0.15, 0.2) is 0 Å². The van der Waals surface area contributed by atoms with E-state index in [0.29, 0.717) is 0 Å². The van der Waals surface area contributed by atoms with Crippen LogP contribution in [0.2, 0.25) is 0 Å². The van der Waals surface area contributed by atoms with Gasteiger partial charge in [0.2, 0.25) is 0 Å². The highest BCUT2D eigenvalue weighted by Gasteiger charge is 2.29. The van der Waals surface area contributed by atoms with E-state index >= 15 is 0 Å². The Morgan fingerprint density at radius 3 is 1.67 bits per heavy atom. The molecular weight excluding hydrogens is 184 g/mol. The van der Waals surface area contributed by atoms with Gasteiger partial charge in [-0.2, -0.15) is 0 Å². The van der Waals surface area contributed by atoms with Crippen LogP contribution in [-0.4, -0.2) is 12.2 Å². The van der Waals surface area contributed by atoms with E-state index in [2.05, 4.69) is 13.8 Å². The first kappa shape index (κ1) is 17.4. The molecule has 0 amide bonds. The summed E-state index contributed by atoms with van der Waals surface area (Å²) in [6.45, 7) is 13.2. The second kappa shape index (κ2) is 12.0. The van der Waals surface area contributed by atoms with Gasteiger partial charge in [-0.3, -0.25) is 0 Å². The van der Waals surface area contributed by atoms with Crippen molar-refractivity contribution >= 4 is 0 Å². The first-order chi connectivity index (χ1) is 7.33. The smallest absolute Gasteiger partial charge is 0.0679 e. The maximum Gasteiger partial charge on any atom is 0.0679 e. The number of hydrogen-bond donors (Lipinski definition) is 0. The van der Waals surface area contributed by atoms with E-state index in [4.69, 9.17) is 4.74 Å². The second-order valence-corrected chi connectivity index (χ2v) is 3.53. The molecule has 1 heteroatoms. The van der Waals surface area contributed by atoms with Crippen molar-refractivity contribution in [3.05, 3.63) is 0 Å². The molecule has 0 atom stereocenters. The molecule has 0 aromatic carbocycles. The number of ether oxygens (including phenoxy) is 1. The van der Waals surface area contributed by atoms with Gasteiger partial charge in [0, 0.05) is 6.61 Å². The van der Waals surface area contributed by atoms with Crippen LogP contribution >= 0.6 is 0 Å². The van der Waals surface area contributed by atoms with E-state index in [1.807, 2.05) is 27.7 Å². The Morgan fingerprint density at radius 2 is 1.33 bits per heavy atom. The third-order valence-corrected chi connectivity index (χ3v) is 2.86. The van der Waals surface area contributed by atoms with E-state index in [0.717, 1.165) is 6.61 Å². The standard InChI is InChI=1S/C10H20O.2C2H6/c1-3-10(11-4-2)8-6-5-7-9-10;2*1-2/h3-9H2,1-2H3;2*1-2H3. The summed E-state index contributed by atoms with van der Waals surface area (Å²) < 4.78 is 5.82. The normalized spacial score (nSPS) is 18.0. The molecule has 0 aromatic heterocycles. The minimum atomic E-state index is 0.271. The van der Waals surface area contributed by atoms with Crippen molar-refractivity contribution in [2.45, 2.75) is 85.7 Å². The molecule has 0 unspecified atom stereocenters. The molecule has 0 N–H and O–H groups in total. The third-order valence-electron chi connectivity index (χ3n) is 2.86. The van der Waals surface area contributed by atoms with Crippen molar-refractivity contribution in [3.8, 4) is 0 Å². The van der Waals surface area contributed by atoms with E-state index in [9.17, 15) is 0 Å². The zero-order valence-electron chi connectivity index (χ0n) is 11.9. The van der Waals surface area contributed by atoms with Gasteiger partial charge in [-0.05, 0) is 26.2 Å². The van der Waals surface area contributed by atoms with Crippen LogP contribution in [0.1, 0.15) is 80.1 Å². The van der Waals surface area contributed by atoms with Crippen LogP contribution in [-0.2, 0) is 4.74 Å². The molecule has 1 fully saturated rings. The molecule has 15 heavy (non-hydrogen) atoms. The zero-order valence-corrected chi connectivity index (χ0v) is 11.9. The molecule has 0 bridgehead atoms. The van der Waals surface area contributed by atoms with E-state index < -0.39 is 0 Å². The molecule has 1 nitrogen and oxygen atoms in total. The van der Waals surface area contributed by atoms with Gasteiger partial charge in [-0.1, -0.05) is 53.9 Å². The summed E-state index contributed by atoms with van der Waals surface area (Å²) in [6.07, 6.45) is 7.92. The van der Waals surface area contributed by atoms with Crippen LogP contribution in [0, 0.1) is 0 Å². The monoisotopic (exact) mass is 216 g/mol. The lowest BCUT2D eigenvalue weighted by Crippen LogP contribution is -2.34. The van der Waals surface area contributed by atoms with Crippen molar-refractivity contribution in [1.29, 1.82) is 0 Å². The lowest BCUT2D eigenvalue weighted by atomic mass is 9.83. The van der Waals surface area contributed by atoms with E-state index in [1.165, 1.54) is 38.5 Å². The van der Waals surface area contributed by atoms with Crippen molar-refractivity contribution < 1.29 is 4.74 Å². The van der Waals surface area contributed by atoms with Crippen molar-refractivity contribution in [3.63, 3.8) is 0 Å².